The van der Waals surface area contributed by atoms with E-state index in [9.17, 15) is 30.7 Å². The SMILES string of the molecule is COc1ccc(C(=O)c2ccc(Oc3ccc(C)cc3S(=O)(=O)O)cc2)cc1S(=O)(=O)O. The van der Waals surface area contributed by atoms with Gasteiger partial charge in [0.1, 0.15) is 27.0 Å². The average Bonchev–Trinajstić information content (AvgIpc) is 2.73. The van der Waals surface area contributed by atoms with E-state index < -0.39 is 35.8 Å². The van der Waals surface area contributed by atoms with Crippen LogP contribution in [0.1, 0.15) is 21.5 Å². The van der Waals surface area contributed by atoms with Gasteiger partial charge in [-0.05, 0) is 67.1 Å². The van der Waals surface area contributed by atoms with Gasteiger partial charge < -0.3 is 9.47 Å². The summed E-state index contributed by atoms with van der Waals surface area (Å²) in [6.45, 7) is 1.66. The number of carbonyl (C=O) groups is 1. The molecule has 0 radical (unpaired) electrons. The molecule has 0 saturated carbocycles. The molecule has 3 aromatic rings. The number of aryl methyl sites for hydroxylation is 1. The van der Waals surface area contributed by atoms with Crippen molar-refractivity contribution in [3.8, 4) is 17.2 Å². The molecule has 0 aliphatic rings. The van der Waals surface area contributed by atoms with Crippen molar-refractivity contribution in [3.63, 3.8) is 0 Å². The van der Waals surface area contributed by atoms with Gasteiger partial charge in [-0.25, -0.2) is 0 Å². The van der Waals surface area contributed by atoms with Gasteiger partial charge in [-0.3, -0.25) is 13.9 Å². The van der Waals surface area contributed by atoms with Crippen molar-refractivity contribution < 1.29 is 40.2 Å². The standard InChI is InChI=1S/C21H18O9S2/c1-13-3-9-18(19(11-13)31(23,24)25)30-16-7-4-14(5-8-16)21(22)15-6-10-17(29-2)20(12-15)32(26,27)28/h3-12H,1-2H3,(H,23,24,25)(H,26,27,28). The largest absolute Gasteiger partial charge is 0.495 e. The molecule has 0 aliphatic heterocycles. The summed E-state index contributed by atoms with van der Waals surface area (Å²) in [4.78, 5) is 11.8. The van der Waals surface area contributed by atoms with Crippen LogP contribution >= 0.6 is 0 Å². The lowest BCUT2D eigenvalue weighted by atomic mass is 10.0. The molecular formula is C21H18O9S2. The first kappa shape index (κ1) is 23.4. The molecule has 0 atom stereocenters. The number of hydrogen-bond acceptors (Lipinski definition) is 7. The van der Waals surface area contributed by atoms with Crippen LogP contribution in [-0.2, 0) is 20.2 Å². The average molecular weight is 479 g/mol. The minimum absolute atomic E-state index is 0.000659. The molecule has 0 aliphatic carbocycles. The molecule has 0 amide bonds. The fourth-order valence-electron chi connectivity index (χ4n) is 2.89. The van der Waals surface area contributed by atoms with Crippen molar-refractivity contribution >= 4 is 26.0 Å². The quantitative estimate of drug-likeness (QED) is 0.385. The van der Waals surface area contributed by atoms with Crippen LogP contribution < -0.4 is 9.47 Å². The minimum Gasteiger partial charge on any atom is -0.495 e. The van der Waals surface area contributed by atoms with Crippen molar-refractivity contribution in [2.24, 2.45) is 0 Å². The number of ether oxygens (including phenoxy) is 2. The maximum Gasteiger partial charge on any atom is 0.298 e. The molecule has 3 rings (SSSR count). The fourth-order valence-corrected chi connectivity index (χ4v) is 4.27. The second-order valence-electron chi connectivity index (χ2n) is 6.72. The van der Waals surface area contributed by atoms with Crippen molar-refractivity contribution in [2.45, 2.75) is 16.7 Å². The molecule has 9 nitrogen and oxygen atoms in total. The topological polar surface area (TPSA) is 144 Å². The highest BCUT2D eigenvalue weighted by Crippen LogP contribution is 2.30. The summed E-state index contributed by atoms with van der Waals surface area (Å²) in [6.07, 6.45) is 0. The van der Waals surface area contributed by atoms with Crippen LogP contribution in [0.5, 0.6) is 17.2 Å². The Morgan fingerprint density at radius 1 is 0.750 bits per heavy atom. The summed E-state index contributed by atoms with van der Waals surface area (Å²) in [6, 6.07) is 13.5. The maximum atomic E-state index is 12.7. The number of carbonyl (C=O) groups excluding carboxylic acids is 1. The van der Waals surface area contributed by atoms with E-state index in [1.54, 1.807) is 13.0 Å². The third-order valence-electron chi connectivity index (χ3n) is 4.43. The Labute approximate surface area is 184 Å². The molecule has 32 heavy (non-hydrogen) atoms. The predicted molar refractivity (Wildman–Crippen MR) is 114 cm³/mol. The first-order chi connectivity index (χ1) is 14.9. The Balaban J connectivity index is 1.90. The fraction of sp³-hybridized carbons (Fsp3) is 0.0952. The van der Waals surface area contributed by atoms with Crippen LogP contribution in [0.15, 0.2) is 70.5 Å². The monoisotopic (exact) mass is 478 g/mol. The predicted octanol–water partition coefficient (Wildman–Crippen LogP) is 3.52. The van der Waals surface area contributed by atoms with Crippen molar-refractivity contribution in [1.29, 1.82) is 0 Å². The first-order valence-corrected chi connectivity index (χ1v) is 11.8. The number of methoxy groups -OCH3 is 1. The zero-order valence-corrected chi connectivity index (χ0v) is 18.5. The minimum atomic E-state index is -4.61. The van der Waals surface area contributed by atoms with Gasteiger partial charge in [0.2, 0.25) is 0 Å². The van der Waals surface area contributed by atoms with E-state index >= 15 is 0 Å². The van der Waals surface area contributed by atoms with Crippen molar-refractivity contribution in [1.82, 2.24) is 0 Å². The number of hydrogen-bond donors (Lipinski definition) is 2. The maximum absolute atomic E-state index is 12.7. The molecule has 0 saturated heterocycles. The molecular weight excluding hydrogens is 460 g/mol. The van der Waals surface area contributed by atoms with E-state index in [1.165, 1.54) is 55.6 Å². The normalized spacial score (nSPS) is 11.8. The van der Waals surface area contributed by atoms with Gasteiger partial charge in [-0.1, -0.05) is 6.07 Å². The molecule has 0 spiro atoms. The second-order valence-corrected chi connectivity index (χ2v) is 9.50. The van der Waals surface area contributed by atoms with Gasteiger partial charge in [0.25, 0.3) is 20.2 Å². The Morgan fingerprint density at radius 2 is 1.28 bits per heavy atom. The van der Waals surface area contributed by atoms with Gasteiger partial charge in [0, 0.05) is 11.1 Å². The van der Waals surface area contributed by atoms with Gasteiger partial charge in [0.15, 0.2) is 5.78 Å². The lowest BCUT2D eigenvalue weighted by molar-refractivity contribution is 0.103. The highest BCUT2D eigenvalue weighted by molar-refractivity contribution is 7.86. The van der Waals surface area contributed by atoms with E-state index in [2.05, 4.69) is 0 Å². The first-order valence-electron chi connectivity index (χ1n) is 8.96. The Bertz CT molecular complexity index is 1390. The highest BCUT2D eigenvalue weighted by Gasteiger charge is 2.21. The molecule has 11 heteroatoms. The van der Waals surface area contributed by atoms with E-state index in [4.69, 9.17) is 9.47 Å². The van der Waals surface area contributed by atoms with E-state index in [0.717, 1.165) is 6.07 Å². The smallest absolute Gasteiger partial charge is 0.298 e. The molecule has 0 unspecified atom stereocenters. The van der Waals surface area contributed by atoms with Crippen LogP contribution in [-0.4, -0.2) is 38.8 Å². The summed E-state index contributed by atoms with van der Waals surface area (Å²) in [7, 11) is -7.90. The molecule has 168 valence electrons. The Kier molecular flexibility index (Phi) is 6.37. The van der Waals surface area contributed by atoms with Gasteiger partial charge in [-0.15, -0.1) is 0 Å². The molecule has 3 aromatic carbocycles. The number of benzene rings is 3. The van der Waals surface area contributed by atoms with Crippen LogP contribution in [0.4, 0.5) is 0 Å². The molecule has 0 bridgehead atoms. The Hall–Kier alpha value is -3.25. The lowest BCUT2D eigenvalue weighted by Crippen LogP contribution is -2.06. The highest BCUT2D eigenvalue weighted by atomic mass is 32.2. The van der Waals surface area contributed by atoms with Crippen molar-refractivity contribution in [2.75, 3.05) is 7.11 Å². The van der Waals surface area contributed by atoms with E-state index in [0.29, 0.717) is 5.56 Å². The van der Waals surface area contributed by atoms with Gasteiger partial charge >= 0.3 is 0 Å². The number of rotatable bonds is 7. The molecule has 0 fully saturated rings. The van der Waals surface area contributed by atoms with Crippen LogP contribution in [0.2, 0.25) is 0 Å². The third-order valence-corrected chi connectivity index (χ3v) is 6.17. The molecule has 0 aromatic heterocycles. The lowest BCUT2D eigenvalue weighted by Gasteiger charge is -2.11. The van der Waals surface area contributed by atoms with E-state index in [-0.39, 0.29) is 28.4 Å². The summed E-state index contributed by atoms with van der Waals surface area (Å²) in [5.74, 6) is -0.535. The summed E-state index contributed by atoms with van der Waals surface area (Å²) < 4.78 is 75.5. The second kappa shape index (κ2) is 8.71. The van der Waals surface area contributed by atoms with Crippen LogP contribution in [0.25, 0.3) is 0 Å². The summed E-state index contributed by atoms with van der Waals surface area (Å²) in [5.41, 5.74) is 0.789. The van der Waals surface area contributed by atoms with Crippen LogP contribution in [0, 0.1) is 6.92 Å². The van der Waals surface area contributed by atoms with E-state index in [1.807, 2.05) is 0 Å². The molecule has 2 N–H and O–H groups in total. The molecule has 0 heterocycles. The van der Waals surface area contributed by atoms with Crippen molar-refractivity contribution in [3.05, 3.63) is 77.4 Å². The van der Waals surface area contributed by atoms with Gasteiger partial charge in [-0.2, -0.15) is 16.8 Å². The zero-order valence-electron chi connectivity index (χ0n) is 16.8. The summed E-state index contributed by atoms with van der Waals surface area (Å²) in [5, 5.41) is 0. The van der Waals surface area contributed by atoms with Crippen LogP contribution in [0.3, 0.4) is 0 Å². The Morgan fingerprint density at radius 3 is 1.84 bits per heavy atom. The summed E-state index contributed by atoms with van der Waals surface area (Å²) >= 11 is 0. The zero-order chi connectivity index (χ0) is 23.7. The third kappa shape index (κ3) is 5.14. The van der Waals surface area contributed by atoms with Gasteiger partial charge in [0.05, 0.1) is 7.11 Å². The number of ketones is 1.